The van der Waals surface area contributed by atoms with Crippen LogP contribution in [0.5, 0.6) is 0 Å². The summed E-state index contributed by atoms with van der Waals surface area (Å²) < 4.78 is 0. The predicted molar refractivity (Wildman–Crippen MR) is 81.8 cm³/mol. The molecule has 0 unspecified atom stereocenters. The van der Waals surface area contributed by atoms with Crippen molar-refractivity contribution in [2.45, 2.75) is 51.0 Å². The zero-order chi connectivity index (χ0) is 14.3. The van der Waals surface area contributed by atoms with Gasteiger partial charge in [0.15, 0.2) is 0 Å². The van der Waals surface area contributed by atoms with Crippen molar-refractivity contribution in [1.29, 1.82) is 0 Å². The third-order valence-corrected chi connectivity index (χ3v) is 4.98. The van der Waals surface area contributed by atoms with Gasteiger partial charge >= 0.3 is 0 Å². The molecule has 0 bridgehead atoms. The standard InChI is InChI=1S/C17H24N2O/c1-17(2)14-5-3-4-6-15(14)19(16(17)20)11-12-7-9-13(18)10-8-12/h3-6,12-13H,7-11,18H2,1-2H3/t12-,13-. The van der Waals surface area contributed by atoms with Crippen molar-refractivity contribution in [3.63, 3.8) is 0 Å². The molecule has 1 aliphatic carbocycles. The van der Waals surface area contributed by atoms with Crippen molar-refractivity contribution < 1.29 is 4.79 Å². The van der Waals surface area contributed by atoms with Crippen LogP contribution in [0.15, 0.2) is 24.3 Å². The van der Waals surface area contributed by atoms with E-state index in [4.69, 9.17) is 5.73 Å². The summed E-state index contributed by atoms with van der Waals surface area (Å²) in [6.07, 6.45) is 4.48. The Morgan fingerprint density at radius 2 is 1.85 bits per heavy atom. The molecule has 1 saturated carbocycles. The van der Waals surface area contributed by atoms with Crippen LogP contribution in [0.3, 0.4) is 0 Å². The third-order valence-electron chi connectivity index (χ3n) is 4.98. The molecule has 0 spiro atoms. The number of fused-ring (bicyclic) bond motifs is 1. The van der Waals surface area contributed by atoms with Crippen molar-refractivity contribution in [3.8, 4) is 0 Å². The zero-order valence-corrected chi connectivity index (χ0v) is 12.4. The van der Waals surface area contributed by atoms with Crippen LogP contribution < -0.4 is 10.6 Å². The van der Waals surface area contributed by atoms with Gasteiger partial charge in [-0.25, -0.2) is 0 Å². The van der Waals surface area contributed by atoms with Crippen LogP contribution in [0.25, 0.3) is 0 Å². The average molecular weight is 272 g/mol. The number of amides is 1. The molecule has 0 aromatic heterocycles. The summed E-state index contributed by atoms with van der Waals surface area (Å²) in [5.41, 5.74) is 7.86. The molecule has 1 heterocycles. The molecule has 1 aliphatic heterocycles. The highest BCUT2D eigenvalue weighted by Gasteiger charge is 2.44. The Morgan fingerprint density at radius 3 is 2.55 bits per heavy atom. The van der Waals surface area contributed by atoms with E-state index < -0.39 is 0 Å². The van der Waals surface area contributed by atoms with Crippen molar-refractivity contribution >= 4 is 11.6 Å². The first kappa shape index (κ1) is 13.6. The predicted octanol–water partition coefficient (Wildman–Crippen LogP) is 2.83. The van der Waals surface area contributed by atoms with Crippen LogP contribution in [0, 0.1) is 5.92 Å². The molecule has 2 N–H and O–H groups in total. The molecule has 2 aliphatic rings. The Hall–Kier alpha value is -1.35. The highest BCUT2D eigenvalue weighted by atomic mass is 16.2. The molecule has 0 atom stereocenters. The number of hydrogen-bond acceptors (Lipinski definition) is 2. The van der Waals surface area contributed by atoms with Crippen LogP contribution >= 0.6 is 0 Å². The van der Waals surface area contributed by atoms with Gasteiger partial charge in [-0.05, 0) is 57.1 Å². The van der Waals surface area contributed by atoms with Crippen molar-refractivity contribution in [2.24, 2.45) is 11.7 Å². The first-order chi connectivity index (χ1) is 9.50. The van der Waals surface area contributed by atoms with Gasteiger partial charge in [0.05, 0.1) is 5.41 Å². The quantitative estimate of drug-likeness (QED) is 0.900. The monoisotopic (exact) mass is 272 g/mol. The van der Waals surface area contributed by atoms with Gasteiger partial charge in [-0.1, -0.05) is 18.2 Å². The Kier molecular flexibility index (Phi) is 3.33. The molecule has 1 aromatic rings. The molecule has 1 amide bonds. The summed E-state index contributed by atoms with van der Waals surface area (Å²) in [7, 11) is 0. The van der Waals surface area contributed by atoms with Crippen molar-refractivity contribution in [2.75, 3.05) is 11.4 Å². The van der Waals surface area contributed by atoms with E-state index in [0.29, 0.717) is 12.0 Å². The van der Waals surface area contributed by atoms with Crippen LogP contribution in [-0.4, -0.2) is 18.5 Å². The van der Waals surface area contributed by atoms with E-state index in [-0.39, 0.29) is 11.3 Å². The molecule has 1 fully saturated rings. The van der Waals surface area contributed by atoms with E-state index in [1.165, 1.54) is 0 Å². The van der Waals surface area contributed by atoms with Crippen molar-refractivity contribution in [1.82, 2.24) is 0 Å². The maximum absolute atomic E-state index is 12.7. The second-order valence-corrected chi connectivity index (χ2v) is 6.84. The third kappa shape index (κ3) is 2.14. The summed E-state index contributed by atoms with van der Waals surface area (Å²) in [6, 6.07) is 8.58. The zero-order valence-electron chi connectivity index (χ0n) is 12.4. The van der Waals surface area contributed by atoms with Gasteiger partial charge in [-0.2, -0.15) is 0 Å². The molecular weight excluding hydrogens is 248 g/mol. The van der Waals surface area contributed by atoms with Crippen LogP contribution in [-0.2, 0) is 10.2 Å². The summed E-state index contributed by atoms with van der Waals surface area (Å²) in [5, 5.41) is 0. The molecule has 20 heavy (non-hydrogen) atoms. The highest BCUT2D eigenvalue weighted by molar-refractivity contribution is 6.07. The molecule has 0 radical (unpaired) electrons. The molecular formula is C17H24N2O. The normalized spacial score (nSPS) is 28.6. The van der Waals surface area contributed by atoms with E-state index in [9.17, 15) is 4.79 Å². The molecule has 3 rings (SSSR count). The van der Waals surface area contributed by atoms with E-state index in [2.05, 4.69) is 12.1 Å². The van der Waals surface area contributed by atoms with Crippen LogP contribution in [0.2, 0.25) is 0 Å². The Balaban J connectivity index is 1.82. The molecule has 0 saturated heterocycles. The van der Waals surface area contributed by atoms with Crippen LogP contribution in [0.1, 0.15) is 45.1 Å². The number of carbonyl (C=O) groups excluding carboxylic acids is 1. The number of anilines is 1. The van der Waals surface area contributed by atoms with Crippen molar-refractivity contribution in [3.05, 3.63) is 29.8 Å². The first-order valence-corrected chi connectivity index (χ1v) is 7.67. The van der Waals surface area contributed by atoms with Crippen LogP contribution in [0.4, 0.5) is 5.69 Å². The minimum absolute atomic E-state index is 0.244. The van der Waals surface area contributed by atoms with E-state index in [1.807, 2.05) is 30.9 Å². The SMILES string of the molecule is CC1(C)C(=O)N(C[C@H]2CC[C@H](N)CC2)c2ccccc21. The molecule has 3 heteroatoms. The van der Waals surface area contributed by atoms with E-state index in [0.717, 1.165) is 43.5 Å². The Bertz CT molecular complexity index is 515. The lowest BCUT2D eigenvalue weighted by Gasteiger charge is -2.30. The molecule has 1 aromatic carbocycles. The fourth-order valence-corrected chi connectivity index (χ4v) is 3.61. The largest absolute Gasteiger partial charge is 0.328 e. The fraction of sp³-hybridized carbons (Fsp3) is 0.588. The summed E-state index contributed by atoms with van der Waals surface area (Å²) in [4.78, 5) is 14.7. The number of benzene rings is 1. The summed E-state index contributed by atoms with van der Waals surface area (Å²) in [6.45, 7) is 4.92. The van der Waals surface area contributed by atoms with E-state index in [1.54, 1.807) is 0 Å². The summed E-state index contributed by atoms with van der Waals surface area (Å²) in [5.74, 6) is 0.842. The Morgan fingerprint density at radius 1 is 1.20 bits per heavy atom. The maximum Gasteiger partial charge on any atom is 0.237 e. The number of nitrogens with zero attached hydrogens (tertiary/aromatic N) is 1. The van der Waals surface area contributed by atoms with Gasteiger partial charge in [0.2, 0.25) is 5.91 Å². The number of hydrogen-bond donors (Lipinski definition) is 1. The average Bonchev–Trinajstić information content (AvgIpc) is 2.63. The van der Waals surface area contributed by atoms with Gasteiger partial charge in [0.1, 0.15) is 0 Å². The van der Waals surface area contributed by atoms with E-state index >= 15 is 0 Å². The second-order valence-electron chi connectivity index (χ2n) is 6.84. The minimum Gasteiger partial charge on any atom is -0.328 e. The number of carbonyl (C=O) groups is 1. The number of para-hydroxylation sites is 1. The van der Waals surface area contributed by atoms with Gasteiger partial charge < -0.3 is 10.6 Å². The van der Waals surface area contributed by atoms with Gasteiger partial charge in [0.25, 0.3) is 0 Å². The maximum atomic E-state index is 12.7. The lowest BCUT2D eigenvalue weighted by molar-refractivity contribution is -0.122. The second kappa shape index (κ2) is 4.88. The minimum atomic E-state index is -0.387. The smallest absolute Gasteiger partial charge is 0.237 e. The Labute approximate surface area is 121 Å². The topological polar surface area (TPSA) is 46.3 Å². The molecule has 3 nitrogen and oxygen atoms in total. The van der Waals surface area contributed by atoms with Gasteiger partial charge in [0, 0.05) is 18.3 Å². The number of rotatable bonds is 2. The lowest BCUT2D eigenvalue weighted by Crippen LogP contribution is -2.40. The highest BCUT2D eigenvalue weighted by Crippen LogP contribution is 2.42. The van der Waals surface area contributed by atoms with Gasteiger partial charge in [-0.15, -0.1) is 0 Å². The summed E-state index contributed by atoms with van der Waals surface area (Å²) >= 11 is 0. The number of nitrogens with two attached hydrogens (primary N) is 1. The fourth-order valence-electron chi connectivity index (χ4n) is 3.61. The molecule has 108 valence electrons. The first-order valence-electron chi connectivity index (χ1n) is 7.67. The van der Waals surface area contributed by atoms with Gasteiger partial charge in [-0.3, -0.25) is 4.79 Å². The lowest BCUT2D eigenvalue weighted by atomic mass is 9.85.